The normalized spacial score (nSPS) is 23.2. The van der Waals surface area contributed by atoms with Crippen molar-refractivity contribution in [3.05, 3.63) is 52.7 Å². The quantitative estimate of drug-likeness (QED) is 0.862. The van der Waals surface area contributed by atoms with Gasteiger partial charge in [0.1, 0.15) is 11.5 Å². The number of pyridine rings is 1. The molecule has 2 aromatic rings. The van der Waals surface area contributed by atoms with Crippen molar-refractivity contribution >= 4 is 5.91 Å². The van der Waals surface area contributed by atoms with E-state index >= 15 is 0 Å². The summed E-state index contributed by atoms with van der Waals surface area (Å²) in [7, 11) is 0. The van der Waals surface area contributed by atoms with Crippen LogP contribution in [0.3, 0.4) is 0 Å². The summed E-state index contributed by atoms with van der Waals surface area (Å²) < 4.78 is 5.55. The average Bonchev–Trinajstić information content (AvgIpc) is 3.23. The number of furan rings is 1. The summed E-state index contributed by atoms with van der Waals surface area (Å²) in [6.45, 7) is 8.52. The van der Waals surface area contributed by atoms with Crippen LogP contribution < -0.4 is 0 Å². The SMILES string of the molecule is Cc1cccc(CN2CC[C@@H]3[C@@H]2CCN3C(=O)c2cc(C)oc2C)n1. The zero-order valence-electron chi connectivity index (χ0n) is 15.2. The molecule has 25 heavy (non-hydrogen) atoms. The van der Waals surface area contributed by atoms with E-state index in [1.807, 2.05) is 32.9 Å². The zero-order chi connectivity index (χ0) is 17.6. The van der Waals surface area contributed by atoms with Gasteiger partial charge in [0.2, 0.25) is 0 Å². The van der Waals surface area contributed by atoms with Crippen LogP contribution >= 0.6 is 0 Å². The minimum atomic E-state index is 0.123. The summed E-state index contributed by atoms with van der Waals surface area (Å²) in [6.07, 6.45) is 2.08. The molecule has 5 nitrogen and oxygen atoms in total. The maximum absolute atomic E-state index is 13.0. The second-order valence-electron chi connectivity index (χ2n) is 7.28. The lowest BCUT2D eigenvalue weighted by molar-refractivity contribution is 0.0730. The number of rotatable bonds is 3. The highest BCUT2D eigenvalue weighted by Crippen LogP contribution is 2.34. The van der Waals surface area contributed by atoms with Gasteiger partial charge < -0.3 is 9.32 Å². The maximum atomic E-state index is 13.0. The highest BCUT2D eigenvalue weighted by atomic mass is 16.3. The average molecular weight is 339 g/mol. The topological polar surface area (TPSA) is 49.6 Å². The van der Waals surface area contributed by atoms with Crippen LogP contribution in [-0.2, 0) is 6.54 Å². The molecular formula is C20H25N3O2. The lowest BCUT2D eigenvalue weighted by atomic mass is 10.1. The van der Waals surface area contributed by atoms with Gasteiger partial charge in [0.15, 0.2) is 0 Å². The number of aryl methyl sites for hydroxylation is 3. The predicted molar refractivity (Wildman–Crippen MR) is 95.4 cm³/mol. The second-order valence-corrected chi connectivity index (χ2v) is 7.28. The van der Waals surface area contributed by atoms with Crippen molar-refractivity contribution in [2.75, 3.05) is 13.1 Å². The van der Waals surface area contributed by atoms with E-state index in [4.69, 9.17) is 4.42 Å². The van der Waals surface area contributed by atoms with E-state index < -0.39 is 0 Å². The lowest BCUT2D eigenvalue weighted by Crippen LogP contribution is -2.39. The minimum absolute atomic E-state index is 0.123. The van der Waals surface area contributed by atoms with Crippen molar-refractivity contribution in [3.63, 3.8) is 0 Å². The molecule has 4 rings (SSSR count). The van der Waals surface area contributed by atoms with Gasteiger partial charge >= 0.3 is 0 Å². The van der Waals surface area contributed by atoms with Gasteiger partial charge in [-0.15, -0.1) is 0 Å². The van der Waals surface area contributed by atoms with Gasteiger partial charge in [-0.2, -0.15) is 0 Å². The molecule has 2 atom stereocenters. The van der Waals surface area contributed by atoms with Crippen LogP contribution in [0.25, 0.3) is 0 Å². The molecule has 0 radical (unpaired) electrons. The largest absolute Gasteiger partial charge is 0.466 e. The van der Waals surface area contributed by atoms with Crippen LogP contribution in [-0.4, -0.2) is 45.9 Å². The summed E-state index contributed by atoms with van der Waals surface area (Å²) in [6, 6.07) is 8.82. The first-order valence-electron chi connectivity index (χ1n) is 9.07. The number of hydrogen-bond donors (Lipinski definition) is 0. The van der Waals surface area contributed by atoms with Gasteiger partial charge in [0.05, 0.1) is 11.3 Å². The molecule has 132 valence electrons. The molecule has 2 fully saturated rings. The van der Waals surface area contributed by atoms with E-state index in [2.05, 4.69) is 26.9 Å². The van der Waals surface area contributed by atoms with E-state index in [9.17, 15) is 4.79 Å². The molecule has 4 heterocycles. The maximum Gasteiger partial charge on any atom is 0.257 e. The third kappa shape index (κ3) is 2.97. The third-order valence-electron chi connectivity index (χ3n) is 5.53. The van der Waals surface area contributed by atoms with Gasteiger partial charge in [0, 0.05) is 37.4 Å². The van der Waals surface area contributed by atoms with Crippen molar-refractivity contribution in [3.8, 4) is 0 Å². The molecule has 1 amide bonds. The van der Waals surface area contributed by atoms with Gasteiger partial charge in [0.25, 0.3) is 5.91 Å². The first-order chi connectivity index (χ1) is 12.0. The fourth-order valence-corrected chi connectivity index (χ4v) is 4.42. The van der Waals surface area contributed by atoms with Crippen LogP contribution in [0.5, 0.6) is 0 Å². The molecular weight excluding hydrogens is 314 g/mol. The standard InChI is InChI=1S/C20H25N3O2/c1-13-5-4-6-16(21-13)12-22-9-7-19-18(22)8-10-23(19)20(24)17-11-14(2)25-15(17)3/h4-6,11,18-19H,7-10,12H2,1-3H3/t18-,19+/m0/s1. The third-order valence-corrected chi connectivity index (χ3v) is 5.53. The molecule has 2 aliphatic heterocycles. The number of nitrogens with zero attached hydrogens (tertiary/aromatic N) is 3. The Kier molecular flexibility index (Phi) is 4.12. The van der Waals surface area contributed by atoms with Crippen molar-refractivity contribution in [2.45, 2.75) is 52.2 Å². The number of carbonyl (C=O) groups is 1. The van der Waals surface area contributed by atoms with Crippen molar-refractivity contribution in [2.24, 2.45) is 0 Å². The van der Waals surface area contributed by atoms with Crippen LogP contribution in [0.15, 0.2) is 28.7 Å². The number of amides is 1. The molecule has 5 heteroatoms. The fraction of sp³-hybridized carbons (Fsp3) is 0.500. The Balaban J connectivity index is 1.48. The highest BCUT2D eigenvalue weighted by molar-refractivity contribution is 5.95. The molecule has 2 aromatic heterocycles. The Bertz CT molecular complexity index is 798. The van der Waals surface area contributed by atoms with Gasteiger partial charge in [-0.05, 0) is 51.8 Å². The molecule has 0 aliphatic carbocycles. The minimum Gasteiger partial charge on any atom is -0.466 e. The molecule has 2 saturated heterocycles. The smallest absolute Gasteiger partial charge is 0.257 e. The van der Waals surface area contributed by atoms with Gasteiger partial charge in [-0.1, -0.05) is 6.07 Å². The highest BCUT2D eigenvalue weighted by Gasteiger charge is 2.44. The predicted octanol–water partition coefficient (Wildman–Crippen LogP) is 3.09. The van der Waals surface area contributed by atoms with Gasteiger partial charge in [-0.3, -0.25) is 14.7 Å². The number of fused-ring (bicyclic) bond motifs is 1. The zero-order valence-corrected chi connectivity index (χ0v) is 15.2. The molecule has 2 aliphatic rings. The number of carbonyl (C=O) groups excluding carboxylic acids is 1. The summed E-state index contributed by atoms with van der Waals surface area (Å²) >= 11 is 0. The summed E-state index contributed by atoms with van der Waals surface area (Å²) in [5.41, 5.74) is 2.89. The van der Waals surface area contributed by atoms with Crippen LogP contribution in [0.1, 0.15) is 46.1 Å². The Labute approximate surface area is 148 Å². The first-order valence-corrected chi connectivity index (χ1v) is 9.07. The van der Waals surface area contributed by atoms with E-state index in [-0.39, 0.29) is 5.91 Å². The number of hydrogen-bond acceptors (Lipinski definition) is 4. The van der Waals surface area contributed by atoms with Crippen LogP contribution in [0, 0.1) is 20.8 Å². The molecule has 0 spiro atoms. The molecule has 0 unspecified atom stereocenters. The van der Waals surface area contributed by atoms with Crippen molar-refractivity contribution < 1.29 is 9.21 Å². The molecule has 0 saturated carbocycles. The monoisotopic (exact) mass is 339 g/mol. The van der Waals surface area contributed by atoms with Crippen molar-refractivity contribution in [1.29, 1.82) is 0 Å². The van der Waals surface area contributed by atoms with E-state index in [0.717, 1.165) is 60.9 Å². The first kappa shape index (κ1) is 16.3. The van der Waals surface area contributed by atoms with E-state index in [1.165, 1.54) is 0 Å². The van der Waals surface area contributed by atoms with Crippen molar-refractivity contribution in [1.82, 2.24) is 14.8 Å². The second kappa shape index (κ2) is 6.30. The number of aromatic nitrogens is 1. The van der Waals surface area contributed by atoms with E-state index in [1.54, 1.807) is 0 Å². The molecule has 0 aromatic carbocycles. The van der Waals surface area contributed by atoms with E-state index in [0.29, 0.717) is 12.1 Å². The Hall–Kier alpha value is -2.14. The fourth-order valence-electron chi connectivity index (χ4n) is 4.42. The summed E-state index contributed by atoms with van der Waals surface area (Å²) in [4.78, 5) is 22.2. The Morgan fingerprint density at radius 3 is 2.72 bits per heavy atom. The van der Waals surface area contributed by atoms with Crippen LogP contribution in [0.2, 0.25) is 0 Å². The van der Waals surface area contributed by atoms with Crippen LogP contribution in [0.4, 0.5) is 0 Å². The Morgan fingerprint density at radius 2 is 2.00 bits per heavy atom. The van der Waals surface area contributed by atoms with Gasteiger partial charge in [-0.25, -0.2) is 0 Å². The Morgan fingerprint density at radius 1 is 1.20 bits per heavy atom. The molecule has 0 N–H and O–H groups in total. The summed E-state index contributed by atoms with van der Waals surface area (Å²) in [5, 5.41) is 0. The lowest BCUT2D eigenvalue weighted by Gasteiger charge is -2.25. The number of likely N-dealkylation sites (tertiary alicyclic amines) is 2. The molecule has 0 bridgehead atoms. The summed E-state index contributed by atoms with van der Waals surface area (Å²) in [5.74, 6) is 1.65.